The van der Waals surface area contributed by atoms with Gasteiger partial charge in [-0.2, -0.15) is 13.2 Å². The monoisotopic (exact) mass is 517 g/mol. The summed E-state index contributed by atoms with van der Waals surface area (Å²) in [6, 6.07) is 1.88. The van der Waals surface area contributed by atoms with Crippen molar-refractivity contribution in [2.75, 3.05) is 19.7 Å². The minimum absolute atomic E-state index is 0.0529. The van der Waals surface area contributed by atoms with Gasteiger partial charge in [-0.15, -0.1) is 0 Å². The lowest BCUT2D eigenvalue weighted by Crippen LogP contribution is -2.42. The van der Waals surface area contributed by atoms with E-state index in [0.717, 1.165) is 24.1 Å². The number of hydrogen-bond acceptors (Lipinski definition) is 2. The molecule has 0 fully saturated rings. The van der Waals surface area contributed by atoms with Crippen LogP contribution in [0.4, 0.5) is 13.2 Å². The van der Waals surface area contributed by atoms with Crippen LogP contribution >= 0.6 is 38.5 Å². The van der Waals surface area contributed by atoms with Crippen LogP contribution in [0.5, 0.6) is 5.75 Å². The molecule has 0 aliphatic carbocycles. The third-order valence-electron chi connectivity index (χ3n) is 3.74. The van der Waals surface area contributed by atoms with Crippen molar-refractivity contribution in [2.45, 2.75) is 25.9 Å². The zero-order valence-electron chi connectivity index (χ0n) is 12.9. The van der Waals surface area contributed by atoms with Crippen LogP contribution in [0.3, 0.4) is 0 Å². The number of alkyl halides is 3. The highest BCUT2D eigenvalue weighted by atomic mass is 127. The molecule has 1 heterocycles. The van der Waals surface area contributed by atoms with E-state index < -0.39 is 12.1 Å². The minimum atomic E-state index is -4.83. The van der Waals surface area contributed by atoms with Gasteiger partial charge in [0, 0.05) is 13.1 Å². The Balaban J connectivity index is 2.25. The van der Waals surface area contributed by atoms with Crippen LogP contribution in [0, 0.1) is 3.57 Å². The second-order valence-corrected chi connectivity index (χ2v) is 7.24. The minimum Gasteiger partial charge on any atom is -0.487 e. The maximum absolute atomic E-state index is 12.6. The zero-order chi connectivity index (χ0) is 17.9. The van der Waals surface area contributed by atoms with Crippen LogP contribution in [-0.2, 0) is 17.6 Å². The largest absolute Gasteiger partial charge is 0.487 e. The Bertz CT molecular complexity index is 662. The topological polar surface area (TPSA) is 29.5 Å². The fourth-order valence-corrected chi connectivity index (χ4v) is 4.56. The van der Waals surface area contributed by atoms with E-state index in [0.29, 0.717) is 25.2 Å². The third kappa shape index (κ3) is 4.44. The van der Waals surface area contributed by atoms with E-state index in [1.807, 2.05) is 25.1 Å². The summed E-state index contributed by atoms with van der Waals surface area (Å²) in [4.78, 5) is 12.4. The molecule has 1 aliphatic heterocycles. The number of nitrogens with zero attached hydrogens (tertiary/aromatic N) is 1. The van der Waals surface area contributed by atoms with Gasteiger partial charge in [-0.3, -0.25) is 4.79 Å². The smallest absolute Gasteiger partial charge is 0.471 e. The average molecular weight is 518 g/mol. The Labute approximate surface area is 160 Å². The SMILES string of the molecule is C/C=C/COc1c(Br)cc2c(c1I)CCN(C(=O)C(F)(F)F)CC2. The molecule has 1 aromatic rings. The lowest BCUT2D eigenvalue weighted by atomic mass is 10.0. The van der Waals surface area contributed by atoms with Crippen LogP contribution in [-0.4, -0.2) is 36.7 Å². The number of amides is 1. The normalized spacial score (nSPS) is 15.3. The van der Waals surface area contributed by atoms with Crippen LogP contribution in [0.1, 0.15) is 18.1 Å². The molecule has 0 radical (unpaired) electrons. The van der Waals surface area contributed by atoms with E-state index in [4.69, 9.17) is 4.74 Å². The van der Waals surface area contributed by atoms with Crippen molar-refractivity contribution >= 4 is 44.4 Å². The fourth-order valence-electron chi connectivity index (χ4n) is 2.54. The Hall–Kier alpha value is -0.770. The Morgan fingerprint density at radius 2 is 2.08 bits per heavy atom. The maximum Gasteiger partial charge on any atom is 0.471 e. The molecule has 0 spiro atoms. The molecule has 0 atom stereocenters. The van der Waals surface area contributed by atoms with E-state index in [9.17, 15) is 18.0 Å². The molecule has 0 bridgehead atoms. The van der Waals surface area contributed by atoms with Crippen molar-refractivity contribution in [1.82, 2.24) is 4.90 Å². The third-order valence-corrected chi connectivity index (χ3v) is 5.47. The highest BCUT2D eigenvalue weighted by Gasteiger charge is 2.42. The second-order valence-electron chi connectivity index (χ2n) is 5.31. The van der Waals surface area contributed by atoms with Crippen molar-refractivity contribution < 1.29 is 22.7 Å². The first kappa shape index (κ1) is 19.6. The molecule has 1 aromatic carbocycles. The Kier molecular flexibility index (Phi) is 6.58. The van der Waals surface area contributed by atoms with Crippen molar-refractivity contribution in [3.05, 3.63) is 37.4 Å². The summed E-state index contributed by atoms with van der Waals surface area (Å²) in [5.41, 5.74) is 1.90. The number of benzene rings is 1. The van der Waals surface area contributed by atoms with Crippen molar-refractivity contribution in [1.29, 1.82) is 0 Å². The zero-order valence-corrected chi connectivity index (χ0v) is 16.7. The molecule has 132 valence electrons. The molecule has 0 saturated heterocycles. The van der Waals surface area contributed by atoms with Gasteiger partial charge in [-0.05, 0) is 75.5 Å². The van der Waals surface area contributed by atoms with Gasteiger partial charge < -0.3 is 9.64 Å². The summed E-state index contributed by atoms with van der Waals surface area (Å²) in [6.45, 7) is 2.43. The van der Waals surface area contributed by atoms with Gasteiger partial charge in [-0.25, -0.2) is 0 Å². The molecule has 0 N–H and O–H groups in total. The molecule has 1 aliphatic rings. The van der Waals surface area contributed by atoms with Crippen LogP contribution in [0.15, 0.2) is 22.7 Å². The molecular formula is C16H16BrF3INO2. The van der Waals surface area contributed by atoms with Crippen LogP contribution < -0.4 is 4.74 Å². The Morgan fingerprint density at radius 1 is 1.42 bits per heavy atom. The fraction of sp³-hybridized carbons (Fsp3) is 0.438. The van der Waals surface area contributed by atoms with Gasteiger partial charge in [-0.1, -0.05) is 12.2 Å². The molecule has 1 amide bonds. The molecular weight excluding hydrogens is 502 g/mol. The lowest BCUT2D eigenvalue weighted by molar-refractivity contribution is -0.185. The summed E-state index contributed by atoms with van der Waals surface area (Å²) in [5, 5.41) is 0. The van der Waals surface area contributed by atoms with Gasteiger partial charge >= 0.3 is 12.1 Å². The number of carbonyl (C=O) groups is 1. The predicted octanol–water partition coefficient (Wildman–Crippen LogP) is 4.50. The molecule has 0 unspecified atom stereocenters. The van der Waals surface area contributed by atoms with Gasteiger partial charge in [0.05, 0.1) is 8.04 Å². The summed E-state index contributed by atoms with van der Waals surface area (Å²) in [5.74, 6) is -1.09. The van der Waals surface area contributed by atoms with E-state index in [1.54, 1.807) is 0 Å². The van der Waals surface area contributed by atoms with Gasteiger partial charge in [0.1, 0.15) is 12.4 Å². The van der Waals surface area contributed by atoms with E-state index in [2.05, 4.69) is 38.5 Å². The lowest BCUT2D eigenvalue weighted by Gasteiger charge is -2.21. The second kappa shape index (κ2) is 8.07. The van der Waals surface area contributed by atoms with Gasteiger partial charge in [0.2, 0.25) is 0 Å². The highest BCUT2D eigenvalue weighted by Crippen LogP contribution is 2.37. The predicted molar refractivity (Wildman–Crippen MR) is 97.2 cm³/mol. The van der Waals surface area contributed by atoms with E-state index >= 15 is 0 Å². The first-order chi connectivity index (χ1) is 11.3. The van der Waals surface area contributed by atoms with Crippen LogP contribution in [0.2, 0.25) is 0 Å². The summed E-state index contributed by atoms with van der Waals surface area (Å²) < 4.78 is 45.3. The van der Waals surface area contributed by atoms with E-state index in [1.165, 1.54) is 0 Å². The van der Waals surface area contributed by atoms with Crippen molar-refractivity contribution in [3.8, 4) is 5.75 Å². The Morgan fingerprint density at radius 3 is 2.71 bits per heavy atom. The number of hydrogen-bond donors (Lipinski definition) is 0. The van der Waals surface area contributed by atoms with Crippen LogP contribution in [0.25, 0.3) is 0 Å². The number of ether oxygens (including phenoxy) is 1. The van der Waals surface area contributed by atoms with Crippen molar-refractivity contribution in [3.63, 3.8) is 0 Å². The first-order valence-electron chi connectivity index (χ1n) is 7.35. The van der Waals surface area contributed by atoms with Crippen molar-refractivity contribution in [2.24, 2.45) is 0 Å². The standard InChI is InChI=1S/C16H16BrF3INO2/c1-2-3-8-24-14-12(17)9-10-4-6-22(15(23)16(18,19)20)7-5-11(10)13(14)21/h2-3,9H,4-8H2,1H3/b3-2+. The number of carbonyl (C=O) groups excluding carboxylic acids is 1. The van der Waals surface area contributed by atoms with E-state index in [-0.39, 0.29) is 13.1 Å². The quantitative estimate of drug-likeness (QED) is 0.436. The molecule has 0 saturated carbocycles. The molecule has 24 heavy (non-hydrogen) atoms. The summed E-state index contributed by atoms with van der Waals surface area (Å²) in [7, 11) is 0. The number of halogens is 5. The molecule has 8 heteroatoms. The number of allylic oxidation sites excluding steroid dienone is 1. The van der Waals surface area contributed by atoms with Gasteiger partial charge in [0.15, 0.2) is 0 Å². The molecule has 0 aromatic heterocycles. The molecule has 3 nitrogen and oxygen atoms in total. The average Bonchev–Trinajstić information content (AvgIpc) is 2.71. The number of fused-ring (bicyclic) bond motifs is 1. The number of rotatable bonds is 3. The maximum atomic E-state index is 12.6. The summed E-state index contributed by atoms with van der Waals surface area (Å²) in [6.07, 6.45) is -0.308. The molecule has 2 rings (SSSR count). The first-order valence-corrected chi connectivity index (χ1v) is 9.22. The van der Waals surface area contributed by atoms with Gasteiger partial charge in [0.25, 0.3) is 0 Å². The highest BCUT2D eigenvalue weighted by molar-refractivity contribution is 14.1. The summed E-state index contributed by atoms with van der Waals surface area (Å²) >= 11 is 5.62.